The summed E-state index contributed by atoms with van der Waals surface area (Å²) < 4.78 is 16.8. The number of amides is 2. The molecule has 1 atom stereocenters. The third-order valence-corrected chi connectivity index (χ3v) is 6.98. The lowest BCUT2D eigenvalue weighted by Gasteiger charge is -2.34. The second-order valence-corrected chi connectivity index (χ2v) is 9.74. The van der Waals surface area contributed by atoms with Crippen LogP contribution in [0.25, 0.3) is 0 Å². The Morgan fingerprint density at radius 2 is 1.68 bits per heavy atom. The molecular formula is C30H36N2O5. The third kappa shape index (κ3) is 5.66. The summed E-state index contributed by atoms with van der Waals surface area (Å²) in [5.74, 6) is 0.808. The summed E-state index contributed by atoms with van der Waals surface area (Å²) in [6.07, 6.45) is 6.66. The number of benzene rings is 2. The first-order valence-electron chi connectivity index (χ1n) is 12.8. The van der Waals surface area contributed by atoms with E-state index in [4.69, 9.17) is 13.9 Å². The van der Waals surface area contributed by atoms with Crippen molar-refractivity contribution in [2.45, 2.75) is 65.0 Å². The fourth-order valence-corrected chi connectivity index (χ4v) is 5.26. The molecule has 196 valence electrons. The number of ether oxygens (including phenoxy) is 2. The van der Waals surface area contributed by atoms with E-state index in [0.29, 0.717) is 34.1 Å². The highest BCUT2D eigenvalue weighted by Crippen LogP contribution is 2.40. The average Bonchev–Trinajstić information content (AvgIpc) is 3.32. The molecule has 1 fully saturated rings. The molecule has 1 heterocycles. The molecule has 0 unspecified atom stereocenters. The van der Waals surface area contributed by atoms with E-state index in [1.165, 1.54) is 12.7 Å². The van der Waals surface area contributed by atoms with Gasteiger partial charge in [-0.05, 0) is 69.0 Å². The molecule has 1 saturated carbocycles. The van der Waals surface area contributed by atoms with Crippen LogP contribution in [0.4, 0.5) is 5.69 Å². The highest BCUT2D eigenvalue weighted by molar-refractivity contribution is 6.11. The van der Waals surface area contributed by atoms with E-state index in [-0.39, 0.29) is 17.9 Å². The van der Waals surface area contributed by atoms with Crippen LogP contribution < -0.4 is 19.7 Å². The molecule has 0 saturated heterocycles. The van der Waals surface area contributed by atoms with Crippen molar-refractivity contribution in [3.63, 3.8) is 0 Å². The van der Waals surface area contributed by atoms with E-state index in [1.807, 2.05) is 44.2 Å². The first kappa shape index (κ1) is 26.3. The number of carbonyl (C=O) groups excluding carboxylic acids is 2. The fourth-order valence-electron chi connectivity index (χ4n) is 5.26. The highest BCUT2D eigenvalue weighted by Gasteiger charge is 2.38. The number of para-hydroxylation sites is 1. The van der Waals surface area contributed by atoms with Crippen LogP contribution >= 0.6 is 0 Å². The Morgan fingerprint density at radius 1 is 0.973 bits per heavy atom. The van der Waals surface area contributed by atoms with E-state index in [0.717, 1.165) is 36.8 Å². The second kappa shape index (κ2) is 11.5. The lowest BCUT2D eigenvalue weighted by molar-refractivity contribution is -0.123. The summed E-state index contributed by atoms with van der Waals surface area (Å²) in [6.45, 7) is 5.70. The van der Waals surface area contributed by atoms with Gasteiger partial charge in [-0.2, -0.15) is 0 Å². The summed E-state index contributed by atoms with van der Waals surface area (Å²) in [5, 5.41) is 3.25. The maximum Gasteiger partial charge on any atom is 0.262 e. The first-order chi connectivity index (χ1) is 17.8. The number of carbonyl (C=O) groups is 2. The minimum Gasteiger partial charge on any atom is -0.493 e. The van der Waals surface area contributed by atoms with E-state index < -0.39 is 6.04 Å². The van der Waals surface area contributed by atoms with Gasteiger partial charge in [0.2, 0.25) is 5.91 Å². The average molecular weight is 505 g/mol. The number of rotatable bonds is 8. The van der Waals surface area contributed by atoms with E-state index in [2.05, 4.69) is 5.32 Å². The highest BCUT2D eigenvalue weighted by atomic mass is 16.5. The van der Waals surface area contributed by atoms with Gasteiger partial charge < -0.3 is 19.2 Å². The number of nitrogens with one attached hydrogen (secondary N) is 1. The van der Waals surface area contributed by atoms with Gasteiger partial charge in [0.05, 0.1) is 26.0 Å². The van der Waals surface area contributed by atoms with Crippen molar-refractivity contribution < 1.29 is 23.5 Å². The SMILES string of the molecule is COc1cccc([C@H](C(=O)NC2CCCCC2)N(C(=O)c2ccoc2C)c2cc(C)cc(C)c2)c1OC. The van der Waals surface area contributed by atoms with Crippen LogP contribution in [0, 0.1) is 20.8 Å². The molecule has 1 N–H and O–H groups in total. The van der Waals surface area contributed by atoms with Crippen LogP contribution in [-0.4, -0.2) is 32.1 Å². The van der Waals surface area contributed by atoms with Crippen molar-refractivity contribution in [2.75, 3.05) is 19.1 Å². The Morgan fingerprint density at radius 3 is 2.27 bits per heavy atom. The molecule has 7 heteroatoms. The van der Waals surface area contributed by atoms with Crippen molar-refractivity contribution in [2.24, 2.45) is 0 Å². The molecule has 2 amide bonds. The van der Waals surface area contributed by atoms with Gasteiger partial charge in [0.1, 0.15) is 11.8 Å². The van der Waals surface area contributed by atoms with Gasteiger partial charge in [-0.25, -0.2) is 0 Å². The summed E-state index contributed by atoms with van der Waals surface area (Å²) in [5.41, 5.74) is 3.54. The quantitative estimate of drug-likeness (QED) is 0.403. The number of hydrogen-bond donors (Lipinski definition) is 1. The normalized spacial score (nSPS) is 14.6. The van der Waals surface area contributed by atoms with E-state index in [9.17, 15) is 9.59 Å². The summed E-state index contributed by atoms with van der Waals surface area (Å²) in [6, 6.07) is 12.0. The molecule has 1 aliphatic carbocycles. The minimum atomic E-state index is -1.00. The van der Waals surface area contributed by atoms with E-state index in [1.54, 1.807) is 38.2 Å². The predicted molar refractivity (Wildman–Crippen MR) is 143 cm³/mol. The van der Waals surface area contributed by atoms with E-state index >= 15 is 0 Å². The van der Waals surface area contributed by atoms with Gasteiger partial charge in [0, 0.05) is 17.3 Å². The molecule has 0 radical (unpaired) electrons. The van der Waals surface area contributed by atoms with Crippen molar-refractivity contribution in [3.05, 3.63) is 76.7 Å². The zero-order valence-electron chi connectivity index (χ0n) is 22.3. The number of anilines is 1. The van der Waals surface area contributed by atoms with Crippen molar-refractivity contribution >= 4 is 17.5 Å². The van der Waals surface area contributed by atoms with Crippen LogP contribution in [0.2, 0.25) is 0 Å². The number of hydrogen-bond acceptors (Lipinski definition) is 5. The van der Waals surface area contributed by atoms with Crippen molar-refractivity contribution in [1.29, 1.82) is 0 Å². The van der Waals surface area contributed by atoms with Gasteiger partial charge in [-0.3, -0.25) is 14.5 Å². The molecule has 4 rings (SSSR count). The summed E-state index contributed by atoms with van der Waals surface area (Å²) in [7, 11) is 3.10. The van der Waals surface area contributed by atoms with Gasteiger partial charge in [0.25, 0.3) is 5.91 Å². The molecule has 2 aromatic carbocycles. The number of furan rings is 1. The molecule has 1 aliphatic rings. The Kier molecular flexibility index (Phi) is 8.21. The zero-order chi connectivity index (χ0) is 26.5. The summed E-state index contributed by atoms with van der Waals surface area (Å²) >= 11 is 0. The maximum absolute atomic E-state index is 14.2. The zero-order valence-corrected chi connectivity index (χ0v) is 22.3. The molecule has 7 nitrogen and oxygen atoms in total. The van der Waals surface area contributed by atoms with Gasteiger partial charge in [0.15, 0.2) is 11.5 Å². The van der Waals surface area contributed by atoms with Crippen LogP contribution in [0.3, 0.4) is 0 Å². The van der Waals surface area contributed by atoms with Crippen molar-refractivity contribution in [3.8, 4) is 11.5 Å². The Balaban J connectivity index is 1.92. The monoisotopic (exact) mass is 504 g/mol. The topological polar surface area (TPSA) is 81.0 Å². The van der Waals surface area contributed by atoms with Crippen LogP contribution in [0.1, 0.15) is 71.0 Å². The van der Waals surface area contributed by atoms with Crippen LogP contribution in [0.15, 0.2) is 53.1 Å². The standard InChI is InChI=1S/C30H36N2O5/c1-19-16-20(2)18-23(17-19)32(30(34)24-14-15-37-21(24)3)27(29(33)31-22-10-7-6-8-11-22)25-12-9-13-26(35-4)28(25)36-5/h9,12-18,22,27H,6-8,10-11H2,1-5H3,(H,31,33)/t27-/m1/s1. The molecule has 0 spiro atoms. The smallest absolute Gasteiger partial charge is 0.262 e. The van der Waals surface area contributed by atoms with Crippen LogP contribution in [-0.2, 0) is 4.79 Å². The Hall–Kier alpha value is -3.74. The predicted octanol–water partition coefficient (Wildman–Crippen LogP) is 6.06. The fraction of sp³-hybridized carbons (Fsp3) is 0.400. The minimum absolute atomic E-state index is 0.0622. The molecular weight excluding hydrogens is 468 g/mol. The number of methoxy groups -OCH3 is 2. The third-order valence-electron chi connectivity index (χ3n) is 6.98. The lowest BCUT2D eigenvalue weighted by atomic mass is 9.94. The molecule has 0 bridgehead atoms. The Labute approximate surface area is 218 Å². The van der Waals surface area contributed by atoms with Crippen LogP contribution in [0.5, 0.6) is 11.5 Å². The molecule has 0 aliphatic heterocycles. The second-order valence-electron chi connectivity index (χ2n) is 9.74. The Bertz CT molecular complexity index is 1240. The molecule has 3 aromatic rings. The molecule has 37 heavy (non-hydrogen) atoms. The maximum atomic E-state index is 14.2. The van der Waals surface area contributed by atoms with Gasteiger partial charge >= 0.3 is 0 Å². The number of nitrogens with zero attached hydrogens (tertiary/aromatic N) is 1. The lowest BCUT2D eigenvalue weighted by Crippen LogP contribution is -2.47. The number of aryl methyl sites for hydroxylation is 3. The van der Waals surface area contributed by atoms with Gasteiger partial charge in [-0.1, -0.05) is 37.5 Å². The first-order valence-corrected chi connectivity index (χ1v) is 12.8. The van der Waals surface area contributed by atoms with Crippen molar-refractivity contribution in [1.82, 2.24) is 5.32 Å². The van der Waals surface area contributed by atoms with Gasteiger partial charge in [-0.15, -0.1) is 0 Å². The summed E-state index contributed by atoms with van der Waals surface area (Å²) in [4.78, 5) is 30.0. The molecule has 1 aromatic heterocycles. The largest absolute Gasteiger partial charge is 0.493 e.